The van der Waals surface area contributed by atoms with E-state index < -0.39 is 0 Å². The van der Waals surface area contributed by atoms with Crippen molar-refractivity contribution in [1.82, 2.24) is 0 Å². The van der Waals surface area contributed by atoms with Crippen molar-refractivity contribution in [2.75, 3.05) is 0 Å². The van der Waals surface area contributed by atoms with E-state index in [1.165, 1.54) is 38.5 Å². The predicted molar refractivity (Wildman–Crippen MR) is 47.3 cm³/mol. The average molecular weight is 153 g/mol. The van der Waals surface area contributed by atoms with Gasteiger partial charge in [-0.05, 0) is 44.4 Å². The van der Waals surface area contributed by atoms with Gasteiger partial charge in [-0.1, -0.05) is 12.8 Å². The Morgan fingerprint density at radius 3 is 2.55 bits per heavy atom. The van der Waals surface area contributed by atoms with Crippen molar-refractivity contribution in [3.63, 3.8) is 0 Å². The summed E-state index contributed by atoms with van der Waals surface area (Å²) in [5, 5.41) is 0. The van der Waals surface area contributed by atoms with Crippen molar-refractivity contribution >= 4 is 0 Å². The molecule has 1 heteroatoms. The zero-order chi connectivity index (χ0) is 7.90. The fraction of sp³-hybridized carbons (Fsp3) is 1.00. The maximum Gasteiger partial charge on any atom is 0.0128 e. The number of hydrogen-bond donors (Lipinski definition) is 1. The van der Waals surface area contributed by atoms with E-state index in [-0.39, 0.29) is 5.54 Å². The minimum atomic E-state index is 0.167. The summed E-state index contributed by atoms with van der Waals surface area (Å²) in [5.74, 6) is 2.05. The molecule has 0 aliphatic heterocycles. The zero-order valence-electron chi connectivity index (χ0n) is 7.47. The van der Waals surface area contributed by atoms with Gasteiger partial charge in [-0.15, -0.1) is 0 Å². The molecule has 2 N–H and O–H groups in total. The highest BCUT2D eigenvalue weighted by Crippen LogP contribution is 2.45. The standard InChI is InChI=1S/C10H19N/c1-10(11)6-2-3-8-4-5-9(8)7-10/h8-9H,2-7,11H2,1H3/t8?,9?,10-/m1/s1. The number of fused-ring (bicyclic) bond motifs is 1. The Labute approximate surface area is 69.4 Å². The van der Waals surface area contributed by atoms with Gasteiger partial charge in [0, 0.05) is 5.54 Å². The van der Waals surface area contributed by atoms with E-state index in [2.05, 4.69) is 6.92 Å². The smallest absolute Gasteiger partial charge is 0.0128 e. The van der Waals surface area contributed by atoms with Gasteiger partial charge in [-0.25, -0.2) is 0 Å². The second kappa shape index (κ2) is 2.48. The minimum absolute atomic E-state index is 0.167. The van der Waals surface area contributed by atoms with Gasteiger partial charge in [-0.2, -0.15) is 0 Å². The molecule has 0 amide bonds. The lowest BCUT2D eigenvalue weighted by Gasteiger charge is -2.38. The first-order valence-corrected chi connectivity index (χ1v) is 4.96. The van der Waals surface area contributed by atoms with Gasteiger partial charge in [-0.3, -0.25) is 0 Å². The van der Waals surface area contributed by atoms with Crippen LogP contribution >= 0.6 is 0 Å². The molecule has 0 aromatic heterocycles. The molecule has 11 heavy (non-hydrogen) atoms. The molecule has 0 heterocycles. The van der Waals surface area contributed by atoms with E-state index in [0.717, 1.165) is 11.8 Å². The Hall–Kier alpha value is -0.0400. The highest BCUT2D eigenvalue weighted by atomic mass is 14.7. The molecule has 0 aromatic carbocycles. The fourth-order valence-corrected chi connectivity index (χ4v) is 2.76. The van der Waals surface area contributed by atoms with Crippen LogP contribution in [0.1, 0.15) is 45.4 Å². The van der Waals surface area contributed by atoms with Crippen LogP contribution < -0.4 is 5.73 Å². The summed E-state index contributed by atoms with van der Waals surface area (Å²) in [6, 6.07) is 0. The van der Waals surface area contributed by atoms with Gasteiger partial charge in [0.1, 0.15) is 0 Å². The van der Waals surface area contributed by atoms with Crippen molar-refractivity contribution in [1.29, 1.82) is 0 Å². The number of nitrogens with two attached hydrogens (primary N) is 1. The van der Waals surface area contributed by atoms with Crippen LogP contribution in [0.25, 0.3) is 0 Å². The van der Waals surface area contributed by atoms with Crippen LogP contribution in [0.2, 0.25) is 0 Å². The van der Waals surface area contributed by atoms with Gasteiger partial charge in [0.25, 0.3) is 0 Å². The quantitative estimate of drug-likeness (QED) is 0.568. The van der Waals surface area contributed by atoms with Crippen LogP contribution in [0.15, 0.2) is 0 Å². The third-order valence-corrected chi connectivity index (χ3v) is 3.63. The highest BCUT2D eigenvalue weighted by molar-refractivity contribution is 4.92. The van der Waals surface area contributed by atoms with E-state index >= 15 is 0 Å². The minimum Gasteiger partial charge on any atom is -0.325 e. The van der Waals surface area contributed by atoms with Crippen molar-refractivity contribution in [3.05, 3.63) is 0 Å². The molecule has 2 aliphatic rings. The van der Waals surface area contributed by atoms with Gasteiger partial charge in [0.05, 0.1) is 0 Å². The molecule has 2 aliphatic carbocycles. The van der Waals surface area contributed by atoms with Crippen molar-refractivity contribution in [2.45, 2.75) is 51.0 Å². The lowest BCUT2D eigenvalue weighted by atomic mass is 9.69. The Morgan fingerprint density at radius 2 is 1.91 bits per heavy atom. The van der Waals surface area contributed by atoms with Crippen LogP contribution in [0.5, 0.6) is 0 Å². The lowest BCUT2D eigenvalue weighted by Crippen LogP contribution is -2.39. The van der Waals surface area contributed by atoms with Crippen LogP contribution in [-0.2, 0) is 0 Å². The van der Waals surface area contributed by atoms with Crippen LogP contribution in [-0.4, -0.2) is 5.54 Å². The molecular formula is C10H19N. The van der Waals surface area contributed by atoms with E-state index in [1.807, 2.05) is 0 Å². The molecule has 1 nitrogen and oxygen atoms in total. The van der Waals surface area contributed by atoms with Crippen molar-refractivity contribution < 1.29 is 0 Å². The Morgan fingerprint density at radius 1 is 1.18 bits per heavy atom. The van der Waals surface area contributed by atoms with E-state index in [1.54, 1.807) is 0 Å². The van der Waals surface area contributed by atoms with Gasteiger partial charge < -0.3 is 5.73 Å². The molecule has 0 radical (unpaired) electrons. The van der Waals surface area contributed by atoms with Crippen molar-refractivity contribution in [3.8, 4) is 0 Å². The molecular weight excluding hydrogens is 134 g/mol. The van der Waals surface area contributed by atoms with Gasteiger partial charge >= 0.3 is 0 Å². The molecule has 2 fully saturated rings. The molecule has 64 valence electrons. The summed E-state index contributed by atoms with van der Waals surface area (Å²) in [7, 11) is 0. The maximum atomic E-state index is 6.16. The first-order chi connectivity index (χ1) is 5.17. The molecule has 0 bridgehead atoms. The molecule has 0 saturated heterocycles. The molecule has 0 spiro atoms. The second-order valence-electron chi connectivity index (χ2n) is 4.85. The van der Waals surface area contributed by atoms with Gasteiger partial charge in [0.15, 0.2) is 0 Å². The maximum absolute atomic E-state index is 6.16. The normalized spacial score (nSPS) is 50.7. The third kappa shape index (κ3) is 1.44. The number of hydrogen-bond acceptors (Lipinski definition) is 1. The molecule has 2 rings (SSSR count). The number of rotatable bonds is 0. The molecule has 2 unspecified atom stereocenters. The van der Waals surface area contributed by atoms with Gasteiger partial charge in [0.2, 0.25) is 0 Å². The molecule has 0 aromatic rings. The lowest BCUT2D eigenvalue weighted by molar-refractivity contribution is 0.147. The van der Waals surface area contributed by atoms with Crippen LogP contribution in [0.4, 0.5) is 0 Å². The summed E-state index contributed by atoms with van der Waals surface area (Å²) in [5.41, 5.74) is 6.33. The average Bonchev–Trinajstić information content (AvgIpc) is 1.98. The van der Waals surface area contributed by atoms with E-state index in [0.29, 0.717) is 0 Å². The predicted octanol–water partition coefficient (Wildman–Crippen LogP) is 2.30. The summed E-state index contributed by atoms with van der Waals surface area (Å²) >= 11 is 0. The van der Waals surface area contributed by atoms with E-state index in [4.69, 9.17) is 5.73 Å². The van der Waals surface area contributed by atoms with E-state index in [9.17, 15) is 0 Å². The Balaban J connectivity index is 2.01. The molecule has 2 saturated carbocycles. The molecule has 3 atom stereocenters. The van der Waals surface area contributed by atoms with Crippen molar-refractivity contribution in [2.24, 2.45) is 17.6 Å². The zero-order valence-corrected chi connectivity index (χ0v) is 7.47. The summed E-state index contributed by atoms with van der Waals surface area (Å²) in [4.78, 5) is 0. The monoisotopic (exact) mass is 153 g/mol. The first-order valence-electron chi connectivity index (χ1n) is 4.96. The largest absolute Gasteiger partial charge is 0.325 e. The van der Waals surface area contributed by atoms with Crippen LogP contribution in [0, 0.1) is 11.8 Å². The summed E-state index contributed by atoms with van der Waals surface area (Å²) < 4.78 is 0. The Bertz CT molecular complexity index is 151. The summed E-state index contributed by atoms with van der Waals surface area (Å²) in [6.45, 7) is 2.23. The SMILES string of the molecule is C[C@@]1(N)CCCC2CCC2C1. The first kappa shape index (κ1) is 7.60. The fourth-order valence-electron chi connectivity index (χ4n) is 2.76. The third-order valence-electron chi connectivity index (χ3n) is 3.63. The topological polar surface area (TPSA) is 26.0 Å². The van der Waals surface area contributed by atoms with Crippen LogP contribution in [0.3, 0.4) is 0 Å². The summed E-state index contributed by atoms with van der Waals surface area (Å²) in [6.07, 6.45) is 8.31. The Kier molecular flexibility index (Phi) is 1.71. The highest BCUT2D eigenvalue weighted by Gasteiger charge is 2.37. The second-order valence-corrected chi connectivity index (χ2v) is 4.85.